The fourth-order valence-corrected chi connectivity index (χ4v) is 2.35. The van der Waals surface area contributed by atoms with Crippen molar-refractivity contribution in [1.29, 1.82) is 0 Å². The summed E-state index contributed by atoms with van der Waals surface area (Å²) < 4.78 is 0. The van der Waals surface area contributed by atoms with Gasteiger partial charge in [0.05, 0.1) is 5.69 Å². The Balaban J connectivity index is 2.45. The number of allylic oxidation sites excluding steroid dienone is 1. The minimum atomic E-state index is 0.139. The second-order valence-electron chi connectivity index (χ2n) is 4.64. The van der Waals surface area contributed by atoms with Crippen molar-refractivity contribution >= 4 is 17.2 Å². The molecule has 1 aliphatic heterocycles. The molecule has 1 amide bonds. The summed E-state index contributed by atoms with van der Waals surface area (Å²) in [5.41, 5.74) is 4.25. The van der Waals surface area contributed by atoms with Crippen LogP contribution in [0.4, 0.5) is 5.69 Å². The lowest BCUT2D eigenvalue weighted by atomic mass is 9.98. The number of nitrogens with zero attached hydrogens (tertiary/aromatic N) is 1. The van der Waals surface area contributed by atoms with E-state index in [4.69, 9.17) is 0 Å². The molecule has 0 bridgehead atoms. The molecule has 17 heavy (non-hydrogen) atoms. The van der Waals surface area contributed by atoms with Gasteiger partial charge in [-0.2, -0.15) is 0 Å². The second kappa shape index (κ2) is 4.74. The van der Waals surface area contributed by atoms with Crippen LogP contribution < -0.4 is 4.90 Å². The number of para-hydroxylation sites is 1. The Bertz CT molecular complexity index is 474. The van der Waals surface area contributed by atoms with E-state index in [1.165, 1.54) is 5.57 Å². The predicted molar refractivity (Wildman–Crippen MR) is 72.0 cm³/mol. The van der Waals surface area contributed by atoms with Crippen LogP contribution in [0, 0.1) is 0 Å². The molecule has 1 heterocycles. The molecule has 0 N–H and O–H groups in total. The molecule has 0 aromatic heterocycles. The van der Waals surface area contributed by atoms with Crippen molar-refractivity contribution in [2.45, 2.75) is 33.1 Å². The number of hydrogen-bond acceptors (Lipinski definition) is 1. The molecule has 2 rings (SSSR count). The first-order valence-electron chi connectivity index (χ1n) is 6.24. The highest BCUT2D eigenvalue weighted by Gasteiger charge is 2.30. The number of rotatable bonds is 3. The third-order valence-electron chi connectivity index (χ3n) is 3.39. The molecule has 0 saturated heterocycles. The first-order chi connectivity index (χ1) is 8.16. The summed E-state index contributed by atoms with van der Waals surface area (Å²) in [6, 6.07) is 8.03. The zero-order valence-corrected chi connectivity index (χ0v) is 10.8. The largest absolute Gasteiger partial charge is 0.311 e. The van der Waals surface area contributed by atoms with Gasteiger partial charge in [0.1, 0.15) is 0 Å². The van der Waals surface area contributed by atoms with Gasteiger partial charge in [0.2, 0.25) is 0 Å². The molecule has 0 radical (unpaired) electrons. The van der Waals surface area contributed by atoms with Crippen molar-refractivity contribution in [3.8, 4) is 0 Å². The van der Waals surface area contributed by atoms with E-state index in [0.29, 0.717) is 0 Å². The highest BCUT2D eigenvalue weighted by Crippen LogP contribution is 2.37. The Morgan fingerprint density at radius 2 is 2.00 bits per heavy atom. The van der Waals surface area contributed by atoms with Gasteiger partial charge in [-0.15, -0.1) is 0 Å². The summed E-state index contributed by atoms with van der Waals surface area (Å²) in [4.78, 5) is 14.0. The van der Waals surface area contributed by atoms with Gasteiger partial charge < -0.3 is 4.90 Å². The molecule has 2 nitrogen and oxygen atoms in total. The van der Waals surface area contributed by atoms with Gasteiger partial charge in [0, 0.05) is 18.2 Å². The maximum Gasteiger partial charge on any atom is 0.258 e. The molecule has 0 atom stereocenters. The monoisotopic (exact) mass is 229 g/mol. The summed E-state index contributed by atoms with van der Waals surface area (Å²) >= 11 is 0. The quantitative estimate of drug-likeness (QED) is 0.725. The summed E-state index contributed by atoms with van der Waals surface area (Å²) in [6.07, 6.45) is 3.32. The Morgan fingerprint density at radius 1 is 1.29 bits per heavy atom. The second-order valence-corrected chi connectivity index (χ2v) is 4.64. The number of fused-ring (bicyclic) bond motifs is 1. The first-order valence-corrected chi connectivity index (χ1v) is 6.24. The smallest absolute Gasteiger partial charge is 0.258 e. The van der Waals surface area contributed by atoms with Gasteiger partial charge in [0.15, 0.2) is 0 Å². The van der Waals surface area contributed by atoms with E-state index >= 15 is 0 Å². The number of hydrogen-bond donors (Lipinski definition) is 0. The van der Waals surface area contributed by atoms with Gasteiger partial charge in [0.25, 0.3) is 5.91 Å². The van der Waals surface area contributed by atoms with Crippen molar-refractivity contribution in [1.82, 2.24) is 0 Å². The molecule has 0 unspecified atom stereocenters. The molecule has 0 saturated carbocycles. The zero-order valence-electron chi connectivity index (χ0n) is 10.8. The molecule has 1 aliphatic rings. The molecule has 2 heteroatoms. The van der Waals surface area contributed by atoms with Crippen LogP contribution in [-0.2, 0) is 4.79 Å². The fourth-order valence-electron chi connectivity index (χ4n) is 2.35. The highest BCUT2D eigenvalue weighted by molar-refractivity contribution is 6.32. The fraction of sp³-hybridized carbons (Fsp3) is 0.400. The Morgan fingerprint density at radius 3 is 2.71 bits per heavy atom. The summed E-state index contributed by atoms with van der Waals surface area (Å²) in [5, 5.41) is 0. The van der Waals surface area contributed by atoms with Crippen molar-refractivity contribution in [2.24, 2.45) is 0 Å². The number of carbonyl (C=O) groups excluding carboxylic acids is 1. The third-order valence-corrected chi connectivity index (χ3v) is 3.39. The van der Waals surface area contributed by atoms with E-state index in [1.54, 1.807) is 4.90 Å². The minimum absolute atomic E-state index is 0.139. The van der Waals surface area contributed by atoms with Crippen LogP contribution >= 0.6 is 0 Å². The van der Waals surface area contributed by atoms with E-state index in [-0.39, 0.29) is 5.91 Å². The molecular formula is C15H19NO. The Kier molecular flexibility index (Phi) is 3.32. The number of amides is 1. The number of anilines is 1. The molecule has 0 aliphatic carbocycles. The van der Waals surface area contributed by atoms with Crippen LogP contribution in [0.5, 0.6) is 0 Å². The van der Waals surface area contributed by atoms with E-state index in [1.807, 2.05) is 31.3 Å². The van der Waals surface area contributed by atoms with Gasteiger partial charge >= 0.3 is 0 Å². The number of carbonyl (C=O) groups is 1. The lowest BCUT2D eigenvalue weighted by molar-refractivity contribution is -0.112. The first kappa shape index (κ1) is 11.9. The van der Waals surface area contributed by atoms with Crippen LogP contribution in [0.2, 0.25) is 0 Å². The lowest BCUT2D eigenvalue weighted by Gasteiger charge is -2.08. The maximum atomic E-state index is 12.2. The standard InChI is InChI=1S/C15H19NO/c1-4-5-8-11(2)14-12-9-6-7-10-13(12)16(3)15(14)17/h6-7,9-10H,4-5,8H2,1-3H3/b14-11+. The van der Waals surface area contributed by atoms with Gasteiger partial charge in [-0.25, -0.2) is 0 Å². The lowest BCUT2D eigenvalue weighted by Crippen LogP contribution is -2.20. The highest BCUT2D eigenvalue weighted by atomic mass is 16.2. The summed E-state index contributed by atoms with van der Waals surface area (Å²) in [5.74, 6) is 0.139. The molecule has 90 valence electrons. The average Bonchev–Trinajstić information content (AvgIpc) is 2.60. The van der Waals surface area contributed by atoms with Crippen LogP contribution in [0.25, 0.3) is 5.57 Å². The molecule has 0 fully saturated rings. The van der Waals surface area contributed by atoms with E-state index in [2.05, 4.69) is 13.8 Å². The van der Waals surface area contributed by atoms with Gasteiger partial charge in [-0.1, -0.05) is 37.1 Å². The topological polar surface area (TPSA) is 20.3 Å². The van der Waals surface area contributed by atoms with E-state index in [9.17, 15) is 4.79 Å². The Hall–Kier alpha value is -1.57. The van der Waals surface area contributed by atoms with Crippen molar-refractivity contribution in [3.05, 3.63) is 35.4 Å². The normalized spacial score (nSPS) is 17.4. The summed E-state index contributed by atoms with van der Waals surface area (Å²) in [7, 11) is 1.85. The molecular weight excluding hydrogens is 210 g/mol. The molecule has 1 aromatic rings. The van der Waals surface area contributed by atoms with Crippen molar-refractivity contribution < 1.29 is 4.79 Å². The van der Waals surface area contributed by atoms with Crippen LogP contribution in [0.3, 0.4) is 0 Å². The number of benzene rings is 1. The third kappa shape index (κ3) is 1.99. The molecule has 0 spiro atoms. The predicted octanol–water partition coefficient (Wildman–Crippen LogP) is 3.63. The van der Waals surface area contributed by atoms with Crippen LogP contribution in [0.15, 0.2) is 29.8 Å². The number of unbranched alkanes of at least 4 members (excludes halogenated alkanes) is 1. The average molecular weight is 229 g/mol. The molecule has 1 aromatic carbocycles. The van der Waals surface area contributed by atoms with Gasteiger partial charge in [-0.05, 0) is 25.8 Å². The van der Waals surface area contributed by atoms with Gasteiger partial charge in [-0.3, -0.25) is 4.79 Å². The van der Waals surface area contributed by atoms with Crippen LogP contribution in [-0.4, -0.2) is 13.0 Å². The van der Waals surface area contributed by atoms with Crippen LogP contribution in [0.1, 0.15) is 38.7 Å². The summed E-state index contributed by atoms with van der Waals surface area (Å²) in [6.45, 7) is 4.26. The Labute approximate surface area is 103 Å². The number of likely N-dealkylation sites (N-methyl/N-ethyl adjacent to an activating group) is 1. The van der Waals surface area contributed by atoms with Crippen molar-refractivity contribution in [3.63, 3.8) is 0 Å². The maximum absolute atomic E-state index is 12.2. The zero-order chi connectivity index (χ0) is 12.4. The minimum Gasteiger partial charge on any atom is -0.311 e. The SMILES string of the molecule is CCCC/C(C)=C1/C(=O)N(C)c2ccccc21. The van der Waals surface area contributed by atoms with Crippen molar-refractivity contribution in [2.75, 3.05) is 11.9 Å². The van der Waals surface area contributed by atoms with E-state index in [0.717, 1.165) is 36.1 Å². The van der Waals surface area contributed by atoms with E-state index < -0.39 is 0 Å².